The molecule has 0 spiro atoms. The molecule has 0 aromatic heterocycles. The van der Waals surface area contributed by atoms with Crippen molar-refractivity contribution in [2.45, 2.75) is 0 Å². The molecule has 1 N–H and O–H groups in total. The van der Waals surface area contributed by atoms with Crippen LogP contribution < -0.4 is 0 Å². The van der Waals surface area contributed by atoms with Crippen LogP contribution in [0.15, 0.2) is 0 Å². The van der Waals surface area contributed by atoms with Gasteiger partial charge in [-0.05, 0) is 0 Å². The normalized spacial score (nSPS) is 7.50. The molecular weight excluding hydrogens is 79.1 g/mol. The van der Waals surface area contributed by atoms with Crippen molar-refractivity contribution >= 4 is 12.1 Å². The predicted octanol–water partition coefficient (Wildman–Crippen LogP) is 0.554. The van der Waals surface area contributed by atoms with Gasteiger partial charge in [0.2, 0.25) is 0 Å². The molecule has 0 aromatic rings. The Kier molecular flexibility index (Phi) is 3.43. The first-order valence-corrected chi connectivity index (χ1v) is 1.65. The van der Waals surface area contributed by atoms with Crippen molar-refractivity contribution in [1.82, 2.24) is 0 Å². The lowest BCUT2D eigenvalue weighted by Crippen LogP contribution is -1.57. The summed E-state index contributed by atoms with van der Waals surface area (Å²) in [7, 11) is 0. The maximum atomic E-state index is 10.4. The Morgan fingerprint density at radius 1 is 2.00 bits per heavy atom. The van der Waals surface area contributed by atoms with E-state index in [0.717, 1.165) is 0 Å². The van der Waals surface area contributed by atoms with Crippen LogP contribution in [0.3, 0.4) is 0 Å². The fourth-order valence-electron chi connectivity index (χ4n) is 0. The summed E-state index contributed by atoms with van der Waals surface area (Å²) in [6.45, 7) is 0. The SMILES string of the molecule is OCSF. The molecular formula is CH3FOS. The minimum absolute atomic E-state index is 0.0880. The summed E-state index contributed by atoms with van der Waals surface area (Å²) in [6, 6.07) is 0. The van der Waals surface area contributed by atoms with Crippen LogP contribution in [0.4, 0.5) is 3.89 Å². The average Bonchev–Trinajstić information content (AvgIpc) is 1.37. The molecule has 1 nitrogen and oxygen atoms in total. The van der Waals surface area contributed by atoms with Gasteiger partial charge in [0, 0.05) is 0 Å². The van der Waals surface area contributed by atoms with Crippen LogP contribution in [0.2, 0.25) is 0 Å². The van der Waals surface area contributed by atoms with E-state index in [4.69, 9.17) is 5.11 Å². The molecule has 3 heteroatoms. The minimum atomic E-state index is -0.431. The molecule has 0 bridgehead atoms. The molecule has 0 saturated carbocycles. The van der Waals surface area contributed by atoms with Crippen LogP contribution >= 0.6 is 12.1 Å². The Hall–Kier alpha value is 0.240. The van der Waals surface area contributed by atoms with Gasteiger partial charge < -0.3 is 5.11 Å². The molecule has 0 atom stereocenters. The fourth-order valence-corrected chi connectivity index (χ4v) is 0. The van der Waals surface area contributed by atoms with Crippen LogP contribution in [0.1, 0.15) is 0 Å². The van der Waals surface area contributed by atoms with Crippen LogP contribution in [-0.4, -0.2) is 11.0 Å². The molecule has 0 aliphatic heterocycles. The van der Waals surface area contributed by atoms with Crippen LogP contribution in [-0.2, 0) is 0 Å². The maximum absolute atomic E-state index is 10.4. The quantitative estimate of drug-likeness (QED) is 0.466. The van der Waals surface area contributed by atoms with E-state index >= 15 is 0 Å². The van der Waals surface area contributed by atoms with E-state index in [1.807, 2.05) is 0 Å². The molecule has 0 heterocycles. The Balaban J connectivity index is 1.97. The summed E-state index contributed by atoms with van der Waals surface area (Å²) >= 11 is -0.0880. The molecule has 0 unspecified atom stereocenters. The number of halogens is 1. The lowest BCUT2D eigenvalue weighted by molar-refractivity contribution is 0.372. The van der Waals surface area contributed by atoms with Gasteiger partial charge in [0.1, 0.15) is 5.94 Å². The molecule has 0 radical (unpaired) electrons. The van der Waals surface area contributed by atoms with E-state index in [0.29, 0.717) is 0 Å². The van der Waals surface area contributed by atoms with Gasteiger partial charge in [0.25, 0.3) is 0 Å². The zero-order valence-electron chi connectivity index (χ0n) is 1.94. The van der Waals surface area contributed by atoms with Crippen LogP contribution in [0.5, 0.6) is 0 Å². The van der Waals surface area contributed by atoms with Crippen molar-refractivity contribution in [3.8, 4) is 0 Å². The van der Waals surface area contributed by atoms with Gasteiger partial charge in [0.05, 0.1) is 12.1 Å². The molecule has 0 aliphatic carbocycles. The van der Waals surface area contributed by atoms with Crippen molar-refractivity contribution in [2.24, 2.45) is 0 Å². The van der Waals surface area contributed by atoms with Gasteiger partial charge in [-0.25, -0.2) is 0 Å². The molecule has 4 heavy (non-hydrogen) atoms. The van der Waals surface area contributed by atoms with Crippen molar-refractivity contribution in [1.29, 1.82) is 0 Å². The van der Waals surface area contributed by atoms with E-state index in [1.165, 1.54) is 0 Å². The third kappa shape index (κ3) is 2.24. The third-order valence-corrected chi connectivity index (χ3v) is 0.146. The Bertz CT molecular complexity index is 10.0. The second-order valence-corrected chi connectivity index (χ2v) is 0.715. The molecule has 0 saturated heterocycles. The first kappa shape index (κ1) is 4.24. The third-order valence-electron chi connectivity index (χ3n) is 0.0488. The van der Waals surface area contributed by atoms with Crippen molar-refractivity contribution < 1.29 is 8.99 Å². The Morgan fingerprint density at radius 2 is 2.25 bits per heavy atom. The van der Waals surface area contributed by atoms with E-state index in [2.05, 4.69) is 0 Å². The highest BCUT2D eigenvalue weighted by Gasteiger charge is 1.63. The predicted molar refractivity (Wildman–Crippen MR) is 15.8 cm³/mol. The Morgan fingerprint density at radius 3 is 2.25 bits per heavy atom. The maximum Gasteiger partial charge on any atom is 0.120 e. The zero-order valence-corrected chi connectivity index (χ0v) is 2.76. The number of aliphatic hydroxyl groups is 1. The number of hydrogen-bond donors (Lipinski definition) is 1. The lowest BCUT2D eigenvalue weighted by Gasteiger charge is -1.64. The first-order chi connectivity index (χ1) is 1.91. The van der Waals surface area contributed by atoms with Gasteiger partial charge in [-0.1, -0.05) is 0 Å². The second-order valence-electron chi connectivity index (χ2n) is 0.238. The average molecular weight is 82.1 g/mol. The van der Waals surface area contributed by atoms with Gasteiger partial charge >= 0.3 is 0 Å². The summed E-state index contributed by atoms with van der Waals surface area (Å²) in [5.41, 5.74) is 0. The highest BCUT2D eigenvalue weighted by atomic mass is 32.2. The van der Waals surface area contributed by atoms with Crippen molar-refractivity contribution in [3.63, 3.8) is 0 Å². The summed E-state index contributed by atoms with van der Waals surface area (Å²) in [6.07, 6.45) is 0. The molecule has 0 amide bonds. The van der Waals surface area contributed by atoms with Gasteiger partial charge in [0.15, 0.2) is 0 Å². The second kappa shape index (κ2) is 3.24. The van der Waals surface area contributed by atoms with Gasteiger partial charge in [-0.2, -0.15) is 3.89 Å². The van der Waals surface area contributed by atoms with Gasteiger partial charge in [-0.15, -0.1) is 0 Å². The minimum Gasteiger partial charge on any atom is -0.383 e. The summed E-state index contributed by atoms with van der Waals surface area (Å²) < 4.78 is 10.4. The van der Waals surface area contributed by atoms with Crippen LogP contribution in [0.25, 0.3) is 0 Å². The fraction of sp³-hybridized carbons (Fsp3) is 1.00. The summed E-state index contributed by atoms with van der Waals surface area (Å²) in [5, 5.41) is 7.46. The van der Waals surface area contributed by atoms with Crippen molar-refractivity contribution in [3.05, 3.63) is 0 Å². The summed E-state index contributed by atoms with van der Waals surface area (Å²) in [4.78, 5) is 0. The van der Waals surface area contributed by atoms with Crippen molar-refractivity contribution in [2.75, 3.05) is 5.94 Å². The zero-order chi connectivity index (χ0) is 3.41. The molecule has 0 fully saturated rings. The number of hydrogen-bond acceptors (Lipinski definition) is 2. The smallest absolute Gasteiger partial charge is 0.120 e. The van der Waals surface area contributed by atoms with Gasteiger partial charge in [-0.3, -0.25) is 0 Å². The molecule has 0 rings (SSSR count). The lowest BCUT2D eigenvalue weighted by atomic mass is 11.7. The topological polar surface area (TPSA) is 20.2 Å². The van der Waals surface area contributed by atoms with E-state index in [9.17, 15) is 3.89 Å². The monoisotopic (exact) mass is 82.0 g/mol. The standard InChI is InChI=1S/CH3FOS/c2-4-1-3/h3H,1H2. The molecule has 0 aliphatic rings. The largest absolute Gasteiger partial charge is 0.383 e. The van der Waals surface area contributed by atoms with E-state index in [-0.39, 0.29) is 12.1 Å². The van der Waals surface area contributed by atoms with E-state index in [1.54, 1.807) is 0 Å². The summed E-state index contributed by atoms with van der Waals surface area (Å²) in [5.74, 6) is -0.431. The molecule has 26 valence electrons. The highest BCUT2D eigenvalue weighted by Crippen LogP contribution is 1.92. The highest BCUT2D eigenvalue weighted by molar-refractivity contribution is 7.94. The Labute approximate surface area is 28.1 Å². The number of aliphatic hydroxyl groups excluding tert-OH is 1. The number of rotatable bonds is 1. The first-order valence-electron chi connectivity index (χ1n) is 0.759. The van der Waals surface area contributed by atoms with E-state index < -0.39 is 5.94 Å². The molecule has 0 aromatic carbocycles. The van der Waals surface area contributed by atoms with Crippen LogP contribution in [0, 0.1) is 0 Å².